The van der Waals surface area contributed by atoms with E-state index in [0.29, 0.717) is 17.6 Å². The van der Waals surface area contributed by atoms with Crippen LogP contribution in [0, 0.1) is 0 Å². The van der Waals surface area contributed by atoms with E-state index in [-0.39, 0.29) is 6.03 Å². The van der Waals surface area contributed by atoms with E-state index < -0.39 is 0 Å². The summed E-state index contributed by atoms with van der Waals surface area (Å²) in [4.78, 5) is 11.5. The fraction of sp³-hybridized carbons (Fsp3) is 0.231. The van der Waals surface area contributed by atoms with Crippen LogP contribution in [-0.4, -0.2) is 17.2 Å². The number of aromatic nitrogens is 1. The van der Waals surface area contributed by atoms with E-state index in [0.717, 1.165) is 18.4 Å². The lowest BCUT2D eigenvalue weighted by atomic mass is 10.2. The first-order chi connectivity index (χ1) is 8.81. The Balaban J connectivity index is 1.67. The summed E-state index contributed by atoms with van der Waals surface area (Å²) >= 11 is 0. The molecule has 2 amide bonds. The summed E-state index contributed by atoms with van der Waals surface area (Å²) in [6.07, 6.45) is 2.11. The van der Waals surface area contributed by atoms with Crippen molar-refractivity contribution >= 4 is 11.8 Å². The Labute approximate surface area is 104 Å². The molecule has 0 bridgehead atoms. The molecule has 1 heterocycles. The number of urea groups is 1. The van der Waals surface area contributed by atoms with Crippen LogP contribution in [-0.2, 0) is 0 Å². The third-order valence-electron chi connectivity index (χ3n) is 2.72. The van der Waals surface area contributed by atoms with Gasteiger partial charge in [-0.15, -0.1) is 0 Å². The van der Waals surface area contributed by atoms with Crippen LogP contribution in [0.25, 0.3) is 11.3 Å². The summed E-state index contributed by atoms with van der Waals surface area (Å²) in [7, 11) is 0. The van der Waals surface area contributed by atoms with E-state index in [9.17, 15) is 4.79 Å². The normalized spacial score (nSPS) is 14.2. The molecule has 0 aliphatic heterocycles. The van der Waals surface area contributed by atoms with E-state index in [1.807, 2.05) is 30.3 Å². The zero-order valence-corrected chi connectivity index (χ0v) is 9.72. The SMILES string of the molecule is O=C(Nc1cc(-c2ccccc2)on1)NC1CC1. The molecule has 0 saturated heterocycles. The summed E-state index contributed by atoms with van der Waals surface area (Å²) in [5.74, 6) is 1.06. The molecule has 3 rings (SSSR count). The Morgan fingerprint density at radius 1 is 1.28 bits per heavy atom. The number of benzene rings is 1. The van der Waals surface area contributed by atoms with Crippen LogP contribution in [0.3, 0.4) is 0 Å². The first-order valence-electron chi connectivity index (χ1n) is 5.91. The Morgan fingerprint density at radius 3 is 2.78 bits per heavy atom. The molecule has 2 aromatic rings. The van der Waals surface area contributed by atoms with Crippen molar-refractivity contribution in [2.75, 3.05) is 5.32 Å². The Bertz CT molecular complexity index is 546. The molecule has 0 unspecified atom stereocenters. The Kier molecular flexibility index (Phi) is 2.72. The molecule has 5 nitrogen and oxygen atoms in total. The molecule has 1 aliphatic carbocycles. The predicted molar refractivity (Wildman–Crippen MR) is 67.1 cm³/mol. The third-order valence-corrected chi connectivity index (χ3v) is 2.72. The topological polar surface area (TPSA) is 67.2 Å². The Morgan fingerprint density at radius 2 is 2.06 bits per heavy atom. The van der Waals surface area contributed by atoms with Crippen molar-refractivity contribution in [2.24, 2.45) is 0 Å². The summed E-state index contributed by atoms with van der Waals surface area (Å²) in [5, 5.41) is 9.28. The van der Waals surface area contributed by atoms with Gasteiger partial charge in [-0.3, -0.25) is 5.32 Å². The highest BCUT2D eigenvalue weighted by atomic mass is 16.5. The molecule has 1 aromatic carbocycles. The van der Waals surface area contributed by atoms with Gasteiger partial charge < -0.3 is 9.84 Å². The first-order valence-corrected chi connectivity index (χ1v) is 5.91. The highest BCUT2D eigenvalue weighted by molar-refractivity contribution is 5.89. The van der Waals surface area contributed by atoms with Gasteiger partial charge in [-0.1, -0.05) is 35.5 Å². The maximum Gasteiger partial charge on any atom is 0.320 e. The highest BCUT2D eigenvalue weighted by Crippen LogP contribution is 2.22. The number of nitrogens with zero attached hydrogens (tertiary/aromatic N) is 1. The van der Waals surface area contributed by atoms with Gasteiger partial charge in [0.1, 0.15) is 0 Å². The van der Waals surface area contributed by atoms with Gasteiger partial charge in [0.25, 0.3) is 0 Å². The minimum absolute atomic E-state index is 0.231. The van der Waals surface area contributed by atoms with Crippen LogP contribution >= 0.6 is 0 Å². The molecular weight excluding hydrogens is 230 g/mol. The lowest BCUT2D eigenvalue weighted by molar-refractivity contribution is 0.251. The van der Waals surface area contributed by atoms with Gasteiger partial charge >= 0.3 is 6.03 Å². The number of hydrogen-bond acceptors (Lipinski definition) is 3. The number of carbonyl (C=O) groups excluding carboxylic acids is 1. The number of carbonyl (C=O) groups is 1. The molecule has 0 spiro atoms. The zero-order valence-electron chi connectivity index (χ0n) is 9.72. The van der Waals surface area contributed by atoms with E-state index in [4.69, 9.17) is 4.52 Å². The molecule has 1 aromatic heterocycles. The summed E-state index contributed by atoms with van der Waals surface area (Å²) < 4.78 is 5.18. The van der Waals surface area contributed by atoms with Crippen LogP contribution in [0.2, 0.25) is 0 Å². The maximum atomic E-state index is 11.5. The van der Waals surface area contributed by atoms with Gasteiger partial charge in [-0.25, -0.2) is 4.79 Å². The van der Waals surface area contributed by atoms with Crippen LogP contribution in [0.1, 0.15) is 12.8 Å². The van der Waals surface area contributed by atoms with Crippen molar-refractivity contribution in [2.45, 2.75) is 18.9 Å². The second kappa shape index (κ2) is 4.52. The zero-order chi connectivity index (χ0) is 12.4. The van der Waals surface area contributed by atoms with Crippen molar-refractivity contribution in [1.29, 1.82) is 0 Å². The van der Waals surface area contributed by atoms with E-state index in [2.05, 4.69) is 15.8 Å². The van der Waals surface area contributed by atoms with E-state index in [1.54, 1.807) is 6.07 Å². The minimum Gasteiger partial charge on any atom is -0.354 e. The molecule has 0 radical (unpaired) electrons. The van der Waals surface area contributed by atoms with Gasteiger partial charge in [0.15, 0.2) is 11.6 Å². The van der Waals surface area contributed by atoms with Crippen LogP contribution in [0.5, 0.6) is 0 Å². The summed E-state index contributed by atoms with van der Waals surface area (Å²) in [6.45, 7) is 0. The molecule has 1 saturated carbocycles. The monoisotopic (exact) mass is 243 g/mol. The average molecular weight is 243 g/mol. The van der Waals surface area contributed by atoms with Crippen molar-refractivity contribution in [1.82, 2.24) is 10.5 Å². The quantitative estimate of drug-likeness (QED) is 0.870. The second-order valence-corrected chi connectivity index (χ2v) is 4.32. The molecule has 18 heavy (non-hydrogen) atoms. The second-order valence-electron chi connectivity index (χ2n) is 4.32. The number of rotatable bonds is 3. The Hall–Kier alpha value is -2.30. The maximum absolute atomic E-state index is 11.5. The first kappa shape index (κ1) is 10.8. The summed E-state index contributed by atoms with van der Waals surface area (Å²) in [6, 6.07) is 11.4. The van der Waals surface area contributed by atoms with E-state index >= 15 is 0 Å². The third kappa shape index (κ3) is 2.51. The van der Waals surface area contributed by atoms with Crippen molar-refractivity contribution < 1.29 is 9.32 Å². The van der Waals surface area contributed by atoms with Crippen LogP contribution in [0.15, 0.2) is 40.9 Å². The molecule has 2 N–H and O–H groups in total. The van der Waals surface area contributed by atoms with Crippen LogP contribution < -0.4 is 10.6 Å². The largest absolute Gasteiger partial charge is 0.354 e. The minimum atomic E-state index is -0.231. The number of nitrogens with one attached hydrogen (secondary N) is 2. The number of hydrogen-bond donors (Lipinski definition) is 2. The lowest BCUT2D eigenvalue weighted by Gasteiger charge is -2.01. The lowest BCUT2D eigenvalue weighted by Crippen LogP contribution is -2.30. The van der Waals surface area contributed by atoms with Crippen LogP contribution in [0.4, 0.5) is 10.6 Å². The van der Waals surface area contributed by atoms with Gasteiger partial charge in [0.2, 0.25) is 0 Å². The number of amides is 2. The summed E-state index contributed by atoms with van der Waals surface area (Å²) in [5.41, 5.74) is 0.931. The number of anilines is 1. The molecular formula is C13H13N3O2. The van der Waals surface area contributed by atoms with E-state index in [1.165, 1.54) is 0 Å². The smallest absolute Gasteiger partial charge is 0.320 e. The van der Waals surface area contributed by atoms with Gasteiger partial charge in [0.05, 0.1) is 0 Å². The van der Waals surface area contributed by atoms with Crippen molar-refractivity contribution in [3.8, 4) is 11.3 Å². The average Bonchev–Trinajstić information content (AvgIpc) is 3.06. The van der Waals surface area contributed by atoms with Gasteiger partial charge in [-0.05, 0) is 12.8 Å². The molecule has 92 valence electrons. The highest BCUT2D eigenvalue weighted by Gasteiger charge is 2.23. The molecule has 0 atom stereocenters. The standard InChI is InChI=1S/C13H13N3O2/c17-13(14-10-6-7-10)15-12-8-11(18-16-12)9-4-2-1-3-5-9/h1-5,8,10H,6-7H2,(H2,14,15,16,17). The van der Waals surface area contributed by atoms with Gasteiger partial charge in [-0.2, -0.15) is 0 Å². The predicted octanol–water partition coefficient (Wildman–Crippen LogP) is 2.63. The fourth-order valence-corrected chi connectivity index (χ4v) is 1.64. The molecule has 1 aliphatic rings. The van der Waals surface area contributed by atoms with Crippen molar-refractivity contribution in [3.05, 3.63) is 36.4 Å². The van der Waals surface area contributed by atoms with Gasteiger partial charge in [0, 0.05) is 17.7 Å². The molecule has 1 fully saturated rings. The molecule has 5 heteroatoms. The van der Waals surface area contributed by atoms with Crippen molar-refractivity contribution in [3.63, 3.8) is 0 Å². The fourth-order valence-electron chi connectivity index (χ4n) is 1.64.